The fourth-order valence-electron chi connectivity index (χ4n) is 2.56. The van der Waals surface area contributed by atoms with Crippen LogP contribution >= 0.6 is 22.6 Å². The maximum Gasteiger partial charge on any atom is 0.209 e. The fourth-order valence-corrected chi connectivity index (χ4v) is 3.05. The third-order valence-corrected chi connectivity index (χ3v) is 4.64. The lowest BCUT2D eigenvalue weighted by atomic mass is 9.82. The van der Waals surface area contributed by atoms with E-state index in [-0.39, 0.29) is 5.41 Å². The fraction of sp³-hybridized carbons (Fsp3) is 0.533. The Morgan fingerprint density at radius 1 is 1.29 bits per heavy atom. The van der Waals surface area contributed by atoms with Crippen LogP contribution in [0.3, 0.4) is 0 Å². The first kappa shape index (κ1) is 13.1. The maximum absolute atomic E-state index is 2.51. The normalized spacial score (nSPS) is 17.5. The molecule has 2 heteroatoms. The van der Waals surface area contributed by atoms with Gasteiger partial charge in [0.15, 0.2) is 5.71 Å². The molecule has 0 aromatic heterocycles. The number of halogens is 1. The van der Waals surface area contributed by atoms with E-state index in [0.29, 0.717) is 0 Å². The Labute approximate surface area is 118 Å². The Morgan fingerprint density at radius 3 is 2.65 bits per heavy atom. The summed E-state index contributed by atoms with van der Waals surface area (Å²) in [6.45, 7) is 10.4. The van der Waals surface area contributed by atoms with E-state index in [0.717, 1.165) is 6.54 Å². The molecule has 0 N–H and O–H groups in total. The van der Waals surface area contributed by atoms with Gasteiger partial charge in [-0.15, -0.1) is 0 Å². The highest BCUT2D eigenvalue weighted by Crippen LogP contribution is 2.40. The molecule has 0 amide bonds. The number of nitrogens with zero attached hydrogens (tertiary/aromatic N) is 1. The molecular formula is C15H21IN+. The molecule has 1 aliphatic heterocycles. The van der Waals surface area contributed by atoms with Gasteiger partial charge in [-0.2, -0.15) is 4.58 Å². The minimum Gasteiger partial charge on any atom is -0.199 e. The molecule has 0 spiro atoms. The van der Waals surface area contributed by atoms with Gasteiger partial charge in [-0.3, -0.25) is 0 Å². The van der Waals surface area contributed by atoms with Gasteiger partial charge in [0.2, 0.25) is 5.69 Å². The van der Waals surface area contributed by atoms with E-state index in [2.05, 4.69) is 73.1 Å². The minimum absolute atomic E-state index is 0.185. The van der Waals surface area contributed by atoms with Gasteiger partial charge in [-0.1, -0.05) is 13.3 Å². The van der Waals surface area contributed by atoms with Crippen molar-refractivity contribution in [2.75, 3.05) is 6.54 Å². The van der Waals surface area contributed by atoms with Gasteiger partial charge >= 0.3 is 0 Å². The van der Waals surface area contributed by atoms with Crippen LogP contribution in [0.5, 0.6) is 0 Å². The second-order valence-electron chi connectivity index (χ2n) is 5.38. The average Bonchev–Trinajstić information content (AvgIpc) is 2.47. The molecule has 0 saturated carbocycles. The quantitative estimate of drug-likeness (QED) is 0.563. The summed E-state index contributed by atoms with van der Waals surface area (Å²) in [4.78, 5) is 0. The Morgan fingerprint density at radius 2 is 2.00 bits per heavy atom. The Hall–Kier alpha value is -0.380. The zero-order valence-electron chi connectivity index (χ0n) is 11.2. The van der Waals surface area contributed by atoms with Crippen molar-refractivity contribution in [2.45, 2.75) is 46.0 Å². The standard InChI is InChI=1S/C15H21IN/c1-5-6-9-17-11(2)15(3,4)13-10-12(16)7-8-14(13)17/h7-8,10H,5-6,9H2,1-4H3/q+1. The second kappa shape index (κ2) is 4.71. The van der Waals surface area contributed by atoms with Crippen molar-refractivity contribution in [1.82, 2.24) is 0 Å². The molecule has 0 fully saturated rings. The smallest absolute Gasteiger partial charge is 0.199 e. The van der Waals surface area contributed by atoms with Crippen LogP contribution < -0.4 is 0 Å². The van der Waals surface area contributed by atoms with E-state index in [1.54, 1.807) is 0 Å². The Kier molecular flexibility index (Phi) is 3.62. The van der Waals surface area contributed by atoms with E-state index in [1.807, 2.05) is 0 Å². The Bertz CT molecular complexity index is 472. The molecule has 1 aliphatic rings. The number of unbranched alkanes of at least 4 members (excludes halogenated alkanes) is 1. The largest absolute Gasteiger partial charge is 0.209 e. The van der Waals surface area contributed by atoms with Gasteiger partial charge < -0.3 is 0 Å². The van der Waals surface area contributed by atoms with E-state index < -0.39 is 0 Å². The first-order valence-electron chi connectivity index (χ1n) is 6.40. The van der Waals surface area contributed by atoms with Crippen molar-refractivity contribution >= 4 is 34.0 Å². The summed E-state index contributed by atoms with van der Waals surface area (Å²) in [6.07, 6.45) is 2.52. The van der Waals surface area contributed by atoms with Crippen molar-refractivity contribution < 1.29 is 4.58 Å². The monoisotopic (exact) mass is 342 g/mol. The maximum atomic E-state index is 2.51. The third kappa shape index (κ3) is 2.16. The highest BCUT2D eigenvalue weighted by atomic mass is 127. The average molecular weight is 342 g/mol. The predicted octanol–water partition coefficient (Wildman–Crippen LogP) is 4.49. The van der Waals surface area contributed by atoms with Crippen LogP contribution in [0.1, 0.15) is 46.1 Å². The van der Waals surface area contributed by atoms with Crippen molar-refractivity contribution in [3.8, 4) is 0 Å². The number of rotatable bonds is 3. The lowest BCUT2D eigenvalue weighted by molar-refractivity contribution is -0.439. The molecule has 0 saturated heterocycles. The summed E-state index contributed by atoms with van der Waals surface area (Å²) < 4.78 is 3.84. The first-order valence-corrected chi connectivity index (χ1v) is 7.48. The van der Waals surface area contributed by atoms with Gasteiger partial charge in [-0.05, 0) is 48.6 Å². The zero-order valence-corrected chi connectivity index (χ0v) is 13.3. The van der Waals surface area contributed by atoms with Crippen molar-refractivity contribution in [3.05, 3.63) is 27.3 Å². The molecule has 2 rings (SSSR count). The van der Waals surface area contributed by atoms with Gasteiger partial charge in [0.25, 0.3) is 0 Å². The predicted molar refractivity (Wildman–Crippen MR) is 82.6 cm³/mol. The van der Waals surface area contributed by atoms with Crippen LogP contribution in [0.4, 0.5) is 5.69 Å². The number of hydrogen-bond donors (Lipinski definition) is 0. The zero-order chi connectivity index (χ0) is 12.6. The van der Waals surface area contributed by atoms with E-state index in [4.69, 9.17) is 0 Å². The highest BCUT2D eigenvalue weighted by molar-refractivity contribution is 14.1. The van der Waals surface area contributed by atoms with Crippen LogP contribution in [0.25, 0.3) is 0 Å². The molecule has 17 heavy (non-hydrogen) atoms. The summed E-state index contributed by atoms with van der Waals surface area (Å²) >= 11 is 2.41. The van der Waals surface area contributed by atoms with Crippen LogP contribution in [0, 0.1) is 3.57 Å². The lowest BCUT2D eigenvalue weighted by Gasteiger charge is -2.14. The molecule has 1 nitrogen and oxygen atoms in total. The summed E-state index contributed by atoms with van der Waals surface area (Å²) in [5.74, 6) is 0. The summed E-state index contributed by atoms with van der Waals surface area (Å²) in [6, 6.07) is 6.84. The van der Waals surface area contributed by atoms with Crippen LogP contribution in [-0.2, 0) is 5.41 Å². The molecule has 0 unspecified atom stereocenters. The van der Waals surface area contributed by atoms with Gasteiger partial charge in [0.1, 0.15) is 6.54 Å². The summed E-state index contributed by atoms with van der Waals surface area (Å²) in [5, 5.41) is 0. The number of benzene rings is 1. The molecule has 92 valence electrons. The van der Waals surface area contributed by atoms with Crippen LogP contribution in [0.2, 0.25) is 0 Å². The van der Waals surface area contributed by atoms with Crippen molar-refractivity contribution in [2.24, 2.45) is 0 Å². The van der Waals surface area contributed by atoms with E-state index >= 15 is 0 Å². The molecule has 1 heterocycles. The molecule has 0 bridgehead atoms. The summed E-state index contributed by atoms with van der Waals surface area (Å²) in [5.41, 5.74) is 4.58. The third-order valence-electron chi connectivity index (χ3n) is 3.97. The highest BCUT2D eigenvalue weighted by Gasteiger charge is 2.42. The molecule has 0 aliphatic carbocycles. The van der Waals surface area contributed by atoms with Crippen LogP contribution in [-0.4, -0.2) is 16.8 Å². The van der Waals surface area contributed by atoms with Gasteiger partial charge in [0, 0.05) is 28.5 Å². The summed E-state index contributed by atoms with van der Waals surface area (Å²) in [7, 11) is 0. The Balaban J connectivity index is 2.50. The number of fused-ring (bicyclic) bond motifs is 1. The molecule has 1 aromatic carbocycles. The van der Waals surface area contributed by atoms with Gasteiger partial charge in [0.05, 0.1) is 5.41 Å². The molecule has 0 radical (unpaired) electrons. The molecular weight excluding hydrogens is 321 g/mol. The van der Waals surface area contributed by atoms with E-state index in [1.165, 1.54) is 33.4 Å². The minimum atomic E-state index is 0.185. The number of hydrogen-bond acceptors (Lipinski definition) is 0. The van der Waals surface area contributed by atoms with Gasteiger partial charge in [-0.25, -0.2) is 0 Å². The molecule has 1 aromatic rings. The second-order valence-corrected chi connectivity index (χ2v) is 6.62. The molecule has 0 atom stereocenters. The topological polar surface area (TPSA) is 3.01 Å². The lowest BCUT2D eigenvalue weighted by Crippen LogP contribution is -2.26. The van der Waals surface area contributed by atoms with Crippen molar-refractivity contribution in [1.29, 1.82) is 0 Å². The SMILES string of the molecule is CCCC[N+]1=C(C)C(C)(C)c2cc(I)ccc21. The first-order chi connectivity index (χ1) is 7.98. The van der Waals surface area contributed by atoms with E-state index in [9.17, 15) is 0 Å². The van der Waals surface area contributed by atoms with Crippen LogP contribution in [0.15, 0.2) is 18.2 Å². The van der Waals surface area contributed by atoms with Crippen molar-refractivity contribution in [3.63, 3.8) is 0 Å².